The second-order valence-corrected chi connectivity index (χ2v) is 6.80. The van der Waals surface area contributed by atoms with Gasteiger partial charge in [-0.1, -0.05) is 24.3 Å². The minimum absolute atomic E-state index is 0.0428. The lowest BCUT2D eigenvalue weighted by molar-refractivity contribution is -0.138. The topological polar surface area (TPSA) is 161 Å². The van der Waals surface area contributed by atoms with E-state index in [1.807, 2.05) is 5.32 Å². The molecule has 0 saturated carbocycles. The first-order chi connectivity index (χ1) is 12.2. The molecule has 0 aliphatic heterocycles. The van der Waals surface area contributed by atoms with Gasteiger partial charge in [-0.3, -0.25) is 19.7 Å². The number of hydrogen-bond donors (Lipinski definition) is 4. The highest BCUT2D eigenvalue weighted by molar-refractivity contribution is 7.89. The molecule has 6 N–H and O–H groups in total. The standard InChI is InChI=1S/C16H16N4O5S/c17-13-4-2-1-3-12(13)14(21)20-16(23)15(22)19-9-10-5-7-11(8-6-10)26(18,24)25/h1-8H,9,17H2,(H,19,22)(H2,18,24,25)(H,20,21,23). The zero-order valence-corrected chi connectivity index (χ0v) is 14.2. The summed E-state index contributed by atoms with van der Waals surface area (Å²) in [6.45, 7) is -0.0428. The van der Waals surface area contributed by atoms with Crippen molar-refractivity contribution < 1.29 is 22.8 Å². The fraction of sp³-hybridized carbons (Fsp3) is 0.0625. The molecule has 136 valence electrons. The van der Waals surface area contributed by atoms with Gasteiger partial charge in [0, 0.05) is 12.2 Å². The number of imide groups is 1. The molecule has 0 heterocycles. The van der Waals surface area contributed by atoms with E-state index in [1.165, 1.54) is 36.4 Å². The number of carbonyl (C=O) groups is 3. The molecule has 0 saturated heterocycles. The number of nitrogen functional groups attached to an aromatic ring is 1. The summed E-state index contributed by atoms with van der Waals surface area (Å²) in [6.07, 6.45) is 0. The van der Waals surface area contributed by atoms with E-state index in [0.717, 1.165) is 0 Å². The summed E-state index contributed by atoms with van der Waals surface area (Å²) in [4.78, 5) is 35.4. The molecule has 0 aliphatic carbocycles. The first kappa shape index (κ1) is 19.1. The van der Waals surface area contributed by atoms with Gasteiger partial charge >= 0.3 is 11.8 Å². The van der Waals surface area contributed by atoms with Gasteiger partial charge in [-0.2, -0.15) is 0 Å². The predicted octanol–water partition coefficient (Wildman–Crippen LogP) is -0.511. The number of amides is 3. The summed E-state index contributed by atoms with van der Waals surface area (Å²) >= 11 is 0. The van der Waals surface area contributed by atoms with Crippen molar-refractivity contribution in [2.75, 3.05) is 5.73 Å². The molecule has 2 aromatic carbocycles. The van der Waals surface area contributed by atoms with Crippen LogP contribution in [0, 0.1) is 0 Å². The van der Waals surface area contributed by atoms with E-state index in [9.17, 15) is 22.8 Å². The molecule has 0 radical (unpaired) electrons. The fourth-order valence-corrected chi connectivity index (χ4v) is 2.51. The number of anilines is 1. The van der Waals surface area contributed by atoms with Crippen LogP contribution in [0.3, 0.4) is 0 Å². The van der Waals surface area contributed by atoms with Gasteiger partial charge in [0.1, 0.15) is 0 Å². The summed E-state index contributed by atoms with van der Waals surface area (Å²) in [5, 5.41) is 9.23. The first-order valence-electron chi connectivity index (χ1n) is 7.28. The highest BCUT2D eigenvalue weighted by atomic mass is 32.2. The smallest absolute Gasteiger partial charge is 0.316 e. The Kier molecular flexibility index (Phi) is 5.70. The van der Waals surface area contributed by atoms with Gasteiger partial charge in [0.25, 0.3) is 5.91 Å². The van der Waals surface area contributed by atoms with Crippen molar-refractivity contribution in [3.63, 3.8) is 0 Å². The van der Waals surface area contributed by atoms with Gasteiger partial charge in [0.2, 0.25) is 10.0 Å². The molecule has 9 nitrogen and oxygen atoms in total. The van der Waals surface area contributed by atoms with Gasteiger partial charge in [-0.05, 0) is 29.8 Å². The molecule has 0 bridgehead atoms. The van der Waals surface area contributed by atoms with Crippen LogP contribution in [-0.2, 0) is 26.2 Å². The Morgan fingerprint density at radius 3 is 2.12 bits per heavy atom. The Hall–Kier alpha value is -3.24. The first-order valence-corrected chi connectivity index (χ1v) is 8.83. The van der Waals surface area contributed by atoms with Crippen molar-refractivity contribution in [2.24, 2.45) is 5.14 Å². The molecule has 0 aliphatic rings. The second-order valence-electron chi connectivity index (χ2n) is 5.24. The third-order valence-electron chi connectivity index (χ3n) is 3.34. The van der Waals surface area contributed by atoms with E-state index in [0.29, 0.717) is 5.56 Å². The molecular formula is C16H16N4O5S. The molecule has 0 fully saturated rings. The monoisotopic (exact) mass is 376 g/mol. The van der Waals surface area contributed by atoms with E-state index >= 15 is 0 Å². The molecule has 0 atom stereocenters. The number of rotatable bonds is 4. The summed E-state index contributed by atoms with van der Waals surface area (Å²) in [6, 6.07) is 11.5. The maximum Gasteiger partial charge on any atom is 0.316 e. The Morgan fingerprint density at radius 1 is 0.923 bits per heavy atom. The van der Waals surface area contributed by atoms with Gasteiger partial charge in [0.05, 0.1) is 10.5 Å². The Morgan fingerprint density at radius 2 is 1.54 bits per heavy atom. The average molecular weight is 376 g/mol. The molecule has 0 aromatic heterocycles. The minimum atomic E-state index is -3.81. The molecule has 0 unspecified atom stereocenters. The third-order valence-corrected chi connectivity index (χ3v) is 4.27. The van der Waals surface area contributed by atoms with Gasteiger partial charge < -0.3 is 11.1 Å². The number of para-hydroxylation sites is 1. The molecule has 0 spiro atoms. The van der Waals surface area contributed by atoms with Crippen LogP contribution in [0.4, 0.5) is 5.69 Å². The molecule has 2 aromatic rings. The van der Waals surface area contributed by atoms with E-state index in [-0.39, 0.29) is 22.7 Å². The van der Waals surface area contributed by atoms with Crippen molar-refractivity contribution in [3.8, 4) is 0 Å². The molecule has 26 heavy (non-hydrogen) atoms. The third kappa shape index (κ3) is 4.88. The van der Waals surface area contributed by atoms with Crippen molar-refractivity contribution in [2.45, 2.75) is 11.4 Å². The fourth-order valence-electron chi connectivity index (χ4n) is 1.99. The number of sulfonamides is 1. The molecule has 3 amide bonds. The lowest BCUT2D eigenvalue weighted by Gasteiger charge is -2.07. The van der Waals surface area contributed by atoms with Crippen molar-refractivity contribution in [1.29, 1.82) is 0 Å². The highest BCUT2D eigenvalue weighted by Gasteiger charge is 2.18. The summed E-state index contributed by atoms with van der Waals surface area (Å²) in [5.74, 6) is -2.96. The number of nitrogens with two attached hydrogens (primary N) is 2. The SMILES string of the molecule is Nc1ccccc1C(=O)NC(=O)C(=O)NCc1ccc(S(N)(=O)=O)cc1. The van der Waals surface area contributed by atoms with Crippen LogP contribution in [0.25, 0.3) is 0 Å². The van der Waals surface area contributed by atoms with Crippen LogP contribution in [0.15, 0.2) is 53.4 Å². The molecular weight excluding hydrogens is 360 g/mol. The normalized spacial score (nSPS) is 10.8. The molecule has 2 rings (SSSR count). The van der Waals surface area contributed by atoms with Crippen molar-refractivity contribution in [3.05, 3.63) is 59.7 Å². The average Bonchev–Trinajstić information content (AvgIpc) is 2.59. The maximum atomic E-state index is 11.9. The number of carbonyl (C=O) groups excluding carboxylic acids is 3. The van der Waals surface area contributed by atoms with Crippen LogP contribution in [-0.4, -0.2) is 26.1 Å². The number of benzene rings is 2. The van der Waals surface area contributed by atoms with E-state index in [4.69, 9.17) is 10.9 Å². The second kappa shape index (κ2) is 7.76. The predicted molar refractivity (Wildman–Crippen MR) is 93.0 cm³/mol. The zero-order valence-electron chi connectivity index (χ0n) is 13.4. The lowest BCUT2D eigenvalue weighted by atomic mass is 10.1. The molecule has 10 heteroatoms. The summed E-state index contributed by atoms with van der Waals surface area (Å²) in [7, 11) is -3.81. The van der Waals surface area contributed by atoms with E-state index in [2.05, 4.69) is 5.32 Å². The van der Waals surface area contributed by atoms with Gasteiger partial charge in [0.15, 0.2) is 0 Å². The Bertz CT molecular complexity index is 955. The van der Waals surface area contributed by atoms with Crippen LogP contribution in [0.5, 0.6) is 0 Å². The Labute approximate surface area is 149 Å². The number of nitrogens with one attached hydrogen (secondary N) is 2. The number of hydrogen-bond acceptors (Lipinski definition) is 6. The summed E-state index contributed by atoms with van der Waals surface area (Å²) in [5.41, 5.74) is 6.42. The van der Waals surface area contributed by atoms with Crippen molar-refractivity contribution >= 4 is 33.4 Å². The van der Waals surface area contributed by atoms with Crippen LogP contribution in [0.1, 0.15) is 15.9 Å². The maximum absolute atomic E-state index is 11.9. The van der Waals surface area contributed by atoms with Gasteiger partial charge in [-0.25, -0.2) is 13.6 Å². The quantitative estimate of drug-likeness (QED) is 0.415. The number of primary sulfonamides is 1. The zero-order chi connectivity index (χ0) is 19.3. The lowest BCUT2D eigenvalue weighted by Crippen LogP contribution is -2.42. The van der Waals surface area contributed by atoms with Crippen LogP contribution in [0.2, 0.25) is 0 Å². The van der Waals surface area contributed by atoms with Gasteiger partial charge in [-0.15, -0.1) is 0 Å². The Balaban J connectivity index is 1.92. The largest absolute Gasteiger partial charge is 0.398 e. The summed E-state index contributed by atoms with van der Waals surface area (Å²) < 4.78 is 22.3. The minimum Gasteiger partial charge on any atom is -0.398 e. The van der Waals surface area contributed by atoms with E-state index < -0.39 is 27.7 Å². The van der Waals surface area contributed by atoms with Crippen molar-refractivity contribution in [1.82, 2.24) is 10.6 Å². The van der Waals surface area contributed by atoms with Crippen LogP contribution < -0.4 is 21.5 Å². The van der Waals surface area contributed by atoms with E-state index in [1.54, 1.807) is 12.1 Å². The van der Waals surface area contributed by atoms with Crippen LogP contribution >= 0.6 is 0 Å². The highest BCUT2D eigenvalue weighted by Crippen LogP contribution is 2.10.